The van der Waals surface area contributed by atoms with Crippen LogP contribution in [0.4, 0.5) is 21.9 Å². The second-order valence-electron chi connectivity index (χ2n) is 11.9. The molecule has 3 fully saturated rings. The molecule has 40 heavy (non-hydrogen) atoms. The van der Waals surface area contributed by atoms with Gasteiger partial charge in [0.2, 0.25) is 5.88 Å². The van der Waals surface area contributed by atoms with Crippen molar-refractivity contribution in [1.82, 2.24) is 14.7 Å². The first kappa shape index (κ1) is 28.9. The quantitative estimate of drug-likeness (QED) is 0.247. The molecule has 5 rings (SSSR count). The molecule has 2 aliphatic heterocycles. The van der Waals surface area contributed by atoms with Crippen LogP contribution in [0.15, 0.2) is 24.4 Å². The van der Waals surface area contributed by atoms with E-state index in [4.69, 9.17) is 14.2 Å². The van der Waals surface area contributed by atoms with Crippen molar-refractivity contribution in [1.29, 1.82) is 0 Å². The van der Waals surface area contributed by atoms with Gasteiger partial charge in [0, 0.05) is 44.5 Å². The van der Waals surface area contributed by atoms with Gasteiger partial charge < -0.3 is 24.4 Å². The SMILES string of the molecule is CC(C)(C)OC(=O)n1cc(I)c(OCCN2CC3CCC(Nc4cc(N5CCOCC5)ccc4[N+](=O)[O-])(C3)C2)n1. The summed E-state index contributed by atoms with van der Waals surface area (Å²) in [7, 11) is 0. The minimum absolute atomic E-state index is 0.102. The number of rotatable bonds is 8. The van der Waals surface area contributed by atoms with Gasteiger partial charge in [-0.15, -0.1) is 5.10 Å². The molecule has 2 atom stereocenters. The van der Waals surface area contributed by atoms with Crippen LogP contribution in [-0.4, -0.2) is 89.4 Å². The standard InChI is InChI=1S/C27H37IN6O6/c1-26(2,3)40-25(35)33-17-21(28)24(30-33)39-13-8-31-16-19-6-7-27(15-19,18-31)29-22-14-20(4-5-23(22)34(36)37)32-9-11-38-12-10-32/h4-5,14,17,19,29H,6-13,15-16,18H2,1-3H3. The third-order valence-electron chi connectivity index (χ3n) is 7.57. The number of likely N-dealkylation sites (tertiary alicyclic amines) is 1. The van der Waals surface area contributed by atoms with E-state index < -0.39 is 11.7 Å². The molecule has 2 saturated heterocycles. The van der Waals surface area contributed by atoms with Gasteiger partial charge in [0.25, 0.3) is 5.69 Å². The van der Waals surface area contributed by atoms with Crippen molar-refractivity contribution in [3.05, 3.63) is 38.1 Å². The van der Waals surface area contributed by atoms with Crippen molar-refractivity contribution in [2.75, 3.05) is 62.8 Å². The van der Waals surface area contributed by atoms with Crippen LogP contribution >= 0.6 is 22.6 Å². The Morgan fingerprint density at radius 1 is 1.32 bits per heavy atom. The van der Waals surface area contributed by atoms with Gasteiger partial charge >= 0.3 is 6.09 Å². The fourth-order valence-corrected chi connectivity index (χ4v) is 6.44. The maximum absolute atomic E-state index is 12.3. The predicted molar refractivity (Wildman–Crippen MR) is 158 cm³/mol. The number of hydrogen-bond donors (Lipinski definition) is 1. The summed E-state index contributed by atoms with van der Waals surface area (Å²) in [5.74, 6) is 0.920. The number of ether oxygens (including phenoxy) is 3. The largest absolute Gasteiger partial charge is 0.474 e. The van der Waals surface area contributed by atoms with E-state index in [0.717, 1.165) is 54.7 Å². The summed E-state index contributed by atoms with van der Waals surface area (Å²) in [5.41, 5.74) is 0.811. The van der Waals surface area contributed by atoms with Crippen molar-refractivity contribution in [2.24, 2.45) is 5.92 Å². The number of nitrogens with one attached hydrogen (secondary N) is 1. The van der Waals surface area contributed by atoms with Crippen LogP contribution in [0.2, 0.25) is 0 Å². The first-order chi connectivity index (χ1) is 19.0. The highest BCUT2D eigenvalue weighted by Gasteiger charge is 2.45. The molecule has 12 nitrogen and oxygen atoms in total. The van der Waals surface area contributed by atoms with Gasteiger partial charge in [0.15, 0.2) is 0 Å². The lowest BCUT2D eigenvalue weighted by Crippen LogP contribution is -2.52. The minimum atomic E-state index is -0.614. The van der Waals surface area contributed by atoms with E-state index in [1.165, 1.54) is 4.68 Å². The van der Waals surface area contributed by atoms with Crippen molar-refractivity contribution in [3.8, 4) is 5.88 Å². The van der Waals surface area contributed by atoms with Gasteiger partial charge in [0.1, 0.15) is 17.9 Å². The zero-order chi connectivity index (χ0) is 28.5. The van der Waals surface area contributed by atoms with E-state index >= 15 is 0 Å². The Balaban J connectivity index is 1.23. The number of carbonyl (C=O) groups excluding carboxylic acids is 1. The molecule has 218 valence electrons. The lowest BCUT2D eigenvalue weighted by molar-refractivity contribution is -0.384. The number of fused-ring (bicyclic) bond motifs is 2. The van der Waals surface area contributed by atoms with Gasteiger partial charge in [-0.1, -0.05) is 0 Å². The van der Waals surface area contributed by atoms with Crippen LogP contribution in [0, 0.1) is 19.6 Å². The van der Waals surface area contributed by atoms with Crippen molar-refractivity contribution < 1.29 is 23.9 Å². The number of hydrogen-bond acceptors (Lipinski definition) is 10. The maximum Gasteiger partial charge on any atom is 0.435 e. The molecule has 2 unspecified atom stereocenters. The molecular weight excluding hydrogens is 631 g/mol. The van der Waals surface area contributed by atoms with E-state index in [1.807, 2.05) is 32.9 Å². The van der Waals surface area contributed by atoms with Gasteiger partial charge in [-0.25, -0.2) is 4.79 Å². The summed E-state index contributed by atoms with van der Waals surface area (Å²) in [6, 6.07) is 5.37. The number of benzene rings is 1. The molecule has 13 heteroatoms. The van der Waals surface area contributed by atoms with Crippen LogP contribution in [-0.2, 0) is 9.47 Å². The summed E-state index contributed by atoms with van der Waals surface area (Å²) in [5, 5.41) is 19.8. The van der Waals surface area contributed by atoms with E-state index in [1.54, 1.807) is 12.3 Å². The zero-order valence-corrected chi connectivity index (χ0v) is 25.4. The second kappa shape index (κ2) is 11.7. The highest BCUT2D eigenvalue weighted by Crippen LogP contribution is 2.44. The number of morpholine rings is 1. The van der Waals surface area contributed by atoms with Crippen LogP contribution < -0.4 is 15.0 Å². The number of aromatic nitrogens is 2. The number of nitrogens with zero attached hydrogens (tertiary/aromatic N) is 5. The van der Waals surface area contributed by atoms with Gasteiger partial charge in [-0.3, -0.25) is 15.0 Å². The maximum atomic E-state index is 12.3. The smallest absolute Gasteiger partial charge is 0.435 e. The summed E-state index contributed by atoms with van der Waals surface area (Å²) < 4.78 is 18.7. The number of halogens is 1. The van der Waals surface area contributed by atoms with E-state index in [0.29, 0.717) is 43.9 Å². The summed E-state index contributed by atoms with van der Waals surface area (Å²) in [6.45, 7) is 11.1. The first-order valence-electron chi connectivity index (χ1n) is 13.7. The highest BCUT2D eigenvalue weighted by molar-refractivity contribution is 14.1. The Labute approximate surface area is 247 Å². The lowest BCUT2D eigenvalue weighted by Gasteiger charge is -2.41. The third-order valence-corrected chi connectivity index (χ3v) is 8.31. The van der Waals surface area contributed by atoms with Gasteiger partial charge in [-0.2, -0.15) is 4.68 Å². The third kappa shape index (κ3) is 6.79. The molecule has 1 N–H and O–H groups in total. The Bertz CT molecular complexity index is 1240. The number of nitro benzene ring substituents is 1. The molecule has 3 aliphatic rings. The molecule has 1 saturated carbocycles. The van der Waals surface area contributed by atoms with Crippen LogP contribution in [0.5, 0.6) is 5.88 Å². The van der Waals surface area contributed by atoms with E-state index in [-0.39, 0.29) is 16.1 Å². The Morgan fingerprint density at radius 3 is 2.83 bits per heavy atom. The molecule has 1 aromatic heterocycles. The minimum Gasteiger partial charge on any atom is -0.474 e. The average Bonchev–Trinajstić information content (AvgIpc) is 3.41. The van der Waals surface area contributed by atoms with Gasteiger partial charge in [-0.05, 0) is 80.7 Å². The van der Waals surface area contributed by atoms with Crippen molar-refractivity contribution in [2.45, 2.75) is 51.2 Å². The fourth-order valence-electron chi connectivity index (χ4n) is 5.91. The summed E-state index contributed by atoms with van der Waals surface area (Å²) in [4.78, 5) is 28.5. The molecule has 2 aromatic rings. The first-order valence-corrected chi connectivity index (χ1v) is 14.8. The van der Waals surface area contributed by atoms with Crippen LogP contribution in [0.1, 0.15) is 40.0 Å². The molecular formula is C27H37IN6O6. The fraction of sp³-hybridized carbons (Fsp3) is 0.630. The van der Waals surface area contributed by atoms with Crippen LogP contribution in [0.25, 0.3) is 0 Å². The highest BCUT2D eigenvalue weighted by atomic mass is 127. The molecule has 2 bridgehead atoms. The number of nitro groups is 1. The summed E-state index contributed by atoms with van der Waals surface area (Å²) >= 11 is 2.10. The number of piperidine rings is 1. The normalized spacial score (nSPS) is 23.2. The topological polar surface area (TPSA) is 124 Å². The second-order valence-corrected chi connectivity index (χ2v) is 13.0. The molecule has 1 aliphatic carbocycles. The molecule has 0 amide bonds. The Hall–Kier alpha value is -2.65. The lowest BCUT2D eigenvalue weighted by atomic mass is 9.90. The van der Waals surface area contributed by atoms with E-state index in [2.05, 4.69) is 42.8 Å². The molecule has 3 heterocycles. The monoisotopic (exact) mass is 668 g/mol. The molecule has 0 radical (unpaired) electrons. The van der Waals surface area contributed by atoms with Crippen molar-refractivity contribution >= 4 is 45.7 Å². The predicted octanol–water partition coefficient (Wildman–Crippen LogP) is 4.36. The van der Waals surface area contributed by atoms with Crippen molar-refractivity contribution in [3.63, 3.8) is 0 Å². The average molecular weight is 669 g/mol. The van der Waals surface area contributed by atoms with E-state index in [9.17, 15) is 14.9 Å². The van der Waals surface area contributed by atoms with Crippen LogP contribution in [0.3, 0.4) is 0 Å². The molecule has 0 spiro atoms. The molecule has 1 aromatic carbocycles. The number of anilines is 2. The van der Waals surface area contributed by atoms with Gasteiger partial charge in [0.05, 0.1) is 33.4 Å². The Kier molecular flexibility index (Phi) is 8.43. The summed E-state index contributed by atoms with van der Waals surface area (Å²) in [6.07, 6.45) is 4.09. The number of carbonyl (C=O) groups is 1. The Morgan fingerprint density at radius 2 is 2.10 bits per heavy atom. The zero-order valence-electron chi connectivity index (χ0n) is 23.2.